The van der Waals surface area contributed by atoms with E-state index in [9.17, 15) is 13.6 Å². The highest BCUT2D eigenvalue weighted by Crippen LogP contribution is 2.42. The number of rotatable bonds is 7. The van der Waals surface area contributed by atoms with E-state index in [1.807, 2.05) is 0 Å². The topological polar surface area (TPSA) is 50.1 Å². The van der Waals surface area contributed by atoms with Gasteiger partial charge in [-0.25, -0.2) is 4.39 Å². The molecule has 0 heterocycles. The van der Waals surface area contributed by atoms with Crippen LogP contribution in [0.3, 0.4) is 0 Å². The van der Waals surface area contributed by atoms with Crippen molar-refractivity contribution in [2.45, 2.75) is 84.0 Å². The van der Waals surface area contributed by atoms with Gasteiger partial charge in [0.05, 0.1) is 11.5 Å². The molecule has 0 N–H and O–H groups in total. The maximum absolute atomic E-state index is 14.0. The Hall–Kier alpha value is -1.96. The second kappa shape index (κ2) is 10.9. The lowest BCUT2D eigenvalue weighted by atomic mass is 9.68. The zero-order chi connectivity index (χ0) is 21.5. The molecular formula is C25H33F2NO2. The van der Waals surface area contributed by atoms with Gasteiger partial charge in [-0.3, -0.25) is 4.79 Å². The molecule has 0 saturated heterocycles. The van der Waals surface area contributed by atoms with Crippen molar-refractivity contribution >= 4 is 5.97 Å². The number of carbonyl (C=O) groups excluding carboxylic acids is 1. The summed E-state index contributed by atoms with van der Waals surface area (Å²) < 4.78 is 32.9. The quantitative estimate of drug-likeness (QED) is 0.274. The van der Waals surface area contributed by atoms with Crippen LogP contribution in [0.4, 0.5) is 8.78 Å². The van der Waals surface area contributed by atoms with Gasteiger partial charge in [-0.15, -0.1) is 0 Å². The van der Waals surface area contributed by atoms with Crippen LogP contribution in [0.1, 0.15) is 89.5 Å². The van der Waals surface area contributed by atoms with Crippen LogP contribution in [0, 0.1) is 46.6 Å². The third-order valence-electron chi connectivity index (χ3n) is 7.26. The summed E-state index contributed by atoms with van der Waals surface area (Å²) in [6.07, 6.45) is 14.2. The monoisotopic (exact) mass is 417 g/mol. The van der Waals surface area contributed by atoms with Gasteiger partial charge in [0.1, 0.15) is 6.07 Å². The summed E-state index contributed by atoms with van der Waals surface area (Å²) >= 11 is 0. The number of nitriles is 1. The zero-order valence-corrected chi connectivity index (χ0v) is 18.0. The minimum Gasteiger partial charge on any atom is -0.423 e. The molecule has 0 atom stereocenters. The maximum Gasteiger partial charge on any atom is 0.314 e. The van der Waals surface area contributed by atoms with Gasteiger partial charge in [0.25, 0.3) is 0 Å². The van der Waals surface area contributed by atoms with Crippen LogP contribution in [0.15, 0.2) is 12.1 Å². The van der Waals surface area contributed by atoms with E-state index in [4.69, 9.17) is 10.00 Å². The Morgan fingerprint density at radius 3 is 2.23 bits per heavy atom. The third-order valence-corrected chi connectivity index (χ3v) is 7.26. The molecule has 0 bridgehead atoms. The number of ether oxygens (including phenoxy) is 1. The highest BCUT2D eigenvalue weighted by Gasteiger charge is 2.34. The molecule has 1 aromatic rings. The van der Waals surface area contributed by atoms with Crippen LogP contribution < -0.4 is 4.74 Å². The lowest BCUT2D eigenvalue weighted by Crippen LogP contribution is -2.30. The Bertz CT molecular complexity index is 757. The number of nitrogens with zero attached hydrogens (tertiary/aromatic N) is 1. The first kappa shape index (κ1) is 22.7. The number of hydrogen-bond donors (Lipinski definition) is 0. The molecule has 1 aromatic carbocycles. The second-order valence-corrected chi connectivity index (χ2v) is 9.16. The van der Waals surface area contributed by atoms with Crippen molar-refractivity contribution in [3.8, 4) is 11.8 Å². The van der Waals surface area contributed by atoms with Crippen LogP contribution in [0.25, 0.3) is 0 Å². The third kappa shape index (κ3) is 5.59. The highest BCUT2D eigenvalue weighted by atomic mass is 19.2. The molecule has 0 aliphatic heterocycles. The van der Waals surface area contributed by atoms with Crippen LogP contribution in [0.5, 0.6) is 5.75 Å². The molecule has 30 heavy (non-hydrogen) atoms. The van der Waals surface area contributed by atoms with Crippen molar-refractivity contribution in [2.24, 2.45) is 23.7 Å². The Kier molecular flexibility index (Phi) is 8.24. The summed E-state index contributed by atoms with van der Waals surface area (Å²) in [5, 5.41) is 8.75. The second-order valence-electron chi connectivity index (χ2n) is 9.16. The molecule has 0 spiro atoms. The van der Waals surface area contributed by atoms with E-state index >= 15 is 0 Å². The first-order chi connectivity index (χ1) is 14.5. The lowest BCUT2D eigenvalue weighted by Gasteiger charge is -2.37. The first-order valence-electron chi connectivity index (χ1n) is 11.6. The van der Waals surface area contributed by atoms with Crippen molar-refractivity contribution in [3.05, 3.63) is 29.3 Å². The van der Waals surface area contributed by atoms with Gasteiger partial charge in [0.2, 0.25) is 5.82 Å². The number of unbranched alkanes of at least 4 members (excludes halogenated alkanes) is 2. The molecule has 3 nitrogen and oxygen atoms in total. The number of carbonyl (C=O) groups is 1. The van der Waals surface area contributed by atoms with Gasteiger partial charge in [-0.2, -0.15) is 9.65 Å². The summed E-state index contributed by atoms with van der Waals surface area (Å²) in [7, 11) is 0. The van der Waals surface area contributed by atoms with E-state index < -0.39 is 28.9 Å². The van der Waals surface area contributed by atoms with Crippen LogP contribution >= 0.6 is 0 Å². The predicted molar refractivity (Wildman–Crippen MR) is 112 cm³/mol. The fraction of sp³-hybridized carbons (Fsp3) is 0.680. The molecule has 3 rings (SSSR count). The molecule has 2 saturated carbocycles. The van der Waals surface area contributed by atoms with E-state index in [1.165, 1.54) is 51.4 Å². The molecule has 5 heteroatoms. The smallest absolute Gasteiger partial charge is 0.314 e. The number of hydrogen-bond acceptors (Lipinski definition) is 3. The van der Waals surface area contributed by atoms with Gasteiger partial charge >= 0.3 is 5.97 Å². The highest BCUT2D eigenvalue weighted by molar-refractivity contribution is 5.75. The van der Waals surface area contributed by atoms with Crippen LogP contribution in [-0.4, -0.2) is 5.97 Å². The Morgan fingerprint density at radius 1 is 1.00 bits per heavy atom. The van der Waals surface area contributed by atoms with Gasteiger partial charge in [-0.05, 0) is 68.4 Å². The predicted octanol–water partition coefficient (Wildman–Crippen LogP) is 6.93. The van der Waals surface area contributed by atoms with Gasteiger partial charge < -0.3 is 4.74 Å². The van der Waals surface area contributed by atoms with Crippen molar-refractivity contribution in [1.29, 1.82) is 5.26 Å². The van der Waals surface area contributed by atoms with Gasteiger partial charge in [0, 0.05) is 0 Å². The fourth-order valence-electron chi connectivity index (χ4n) is 5.35. The molecule has 164 valence electrons. The average Bonchev–Trinajstić information content (AvgIpc) is 2.78. The first-order valence-corrected chi connectivity index (χ1v) is 11.6. The van der Waals surface area contributed by atoms with Gasteiger partial charge in [-0.1, -0.05) is 45.4 Å². The summed E-state index contributed by atoms with van der Waals surface area (Å²) in [5.41, 5.74) is -0.395. The maximum atomic E-state index is 14.0. The van der Waals surface area contributed by atoms with E-state index in [1.54, 1.807) is 6.07 Å². The minimum atomic E-state index is -1.27. The number of halogens is 2. The molecule has 0 radical (unpaired) electrons. The Morgan fingerprint density at radius 2 is 1.63 bits per heavy atom. The van der Waals surface area contributed by atoms with Crippen molar-refractivity contribution in [2.75, 3.05) is 0 Å². The minimum absolute atomic E-state index is 0.260. The Labute approximate surface area is 178 Å². The van der Waals surface area contributed by atoms with Crippen LogP contribution in [-0.2, 0) is 4.79 Å². The van der Waals surface area contributed by atoms with E-state index in [2.05, 4.69) is 6.92 Å². The largest absolute Gasteiger partial charge is 0.423 e. The van der Waals surface area contributed by atoms with Crippen molar-refractivity contribution < 1.29 is 18.3 Å². The summed E-state index contributed by atoms with van der Waals surface area (Å²) in [6, 6.07) is 3.86. The summed E-state index contributed by atoms with van der Waals surface area (Å²) in [5.74, 6) is -1.37. The molecule has 2 fully saturated rings. The summed E-state index contributed by atoms with van der Waals surface area (Å²) in [4.78, 5) is 12.5. The van der Waals surface area contributed by atoms with E-state index in [0.717, 1.165) is 49.7 Å². The van der Waals surface area contributed by atoms with Crippen molar-refractivity contribution in [3.63, 3.8) is 0 Å². The molecule has 0 unspecified atom stereocenters. The van der Waals surface area contributed by atoms with E-state index in [-0.39, 0.29) is 5.92 Å². The van der Waals surface area contributed by atoms with E-state index in [0.29, 0.717) is 5.92 Å². The van der Waals surface area contributed by atoms with Crippen molar-refractivity contribution in [1.82, 2.24) is 0 Å². The zero-order valence-electron chi connectivity index (χ0n) is 18.0. The molecule has 0 amide bonds. The number of esters is 1. The summed E-state index contributed by atoms with van der Waals surface area (Å²) in [6.45, 7) is 2.25. The molecule has 2 aliphatic rings. The molecule has 0 aromatic heterocycles. The Balaban J connectivity index is 1.44. The molecule has 2 aliphatic carbocycles. The van der Waals surface area contributed by atoms with Gasteiger partial charge in [0.15, 0.2) is 11.6 Å². The lowest BCUT2D eigenvalue weighted by molar-refractivity contribution is -0.140. The SMILES string of the molecule is CCCCC[C@H]1CC[C@H]([C@H]2CC[C@H](C(=O)Oc3ccc(C#N)c(F)c3F)CC2)CC1. The molecular weight excluding hydrogens is 384 g/mol. The number of benzene rings is 1. The standard InChI is InChI=1S/C25H33F2NO2/c1-2-3-4-5-17-6-8-18(9-7-17)19-10-12-20(13-11-19)25(29)30-22-15-14-21(16-28)23(26)24(22)27/h14-15,17-20H,2-13H2,1H3/t17-,18-,19-,20-. The average molecular weight is 418 g/mol. The van der Waals surface area contributed by atoms with Crippen LogP contribution in [0.2, 0.25) is 0 Å². The fourth-order valence-corrected chi connectivity index (χ4v) is 5.35. The normalized spacial score (nSPS) is 26.7.